The molecule has 0 aliphatic carbocycles. The summed E-state index contributed by atoms with van der Waals surface area (Å²) in [7, 11) is 0. The second-order valence-corrected chi connectivity index (χ2v) is 8.96. The highest BCUT2D eigenvalue weighted by Gasteiger charge is 2.27. The fourth-order valence-electron chi connectivity index (χ4n) is 4.10. The molecule has 1 fully saturated rings. The lowest BCUT2D eigenvalue weighted by atomic mass is 9.89. The number of carbonyl (C=O) groups excluding carboxylic acids is 1. The first kappa shape index (κ1) is 22.6. The zero-order valence-corrected chi connectivity index (χ0v) is 19.5. The summed E-state index contributed by atoms with van der Waals surface area (Å²) >= 11 is 12.5. The van der Waals surface area contributed by atoms with Gasteiger partial charge in [-0.3, -0.25) is 4.79 Å². The normalized spacial score (nSPS) is 14.5. The third-order valence-electron chi connectivity index (χ3n) is 6.07. The standard InChI is InChI=1S/C25H24Cl2FN3O/c1-15-3-6-19(26)13-22(15)30-23-16(2)24(27)29-14-21(23)25(32)31-11-9-18(10-12-31)17-4-7-20(28)8-5-17/h3-8,13-14,18H,9-12H2,1-2H3,(H,29,30). The molecule has 4 nitrogen and oxygen atoms in total. The Hall–Kier alpha value is -2.63. The van der Waals surface area contributed by atoms with Crippen LogP contribution in [-0.4, -0.2) is 28.9 Å². The molecule has 1 aromatic heterocycles. The second-order valence-electron chi connectivity index (χ2n) is 8.16. The van der Waals surface area contributed by atoms with Gasteiger partial charge in [-0.05, 0) is 68.0 Å². The number of nitrogens with zero attached hydrogens (tertiary/aromatic N) is 2. The molecule has 1 saturated heterocycles. The third kappa shape index (κ3) is 4.74. The van der Waals surface area contributed by atoms with Crippen LogP contribution in [0.4, 0.5) is 15.8 Å². The van der Waals surface area contributed by atoms with E-state index in [2.05, 4.69) is 10.3 Å². The predicted molar refractivity (Wildman–Crippen MR) is 128 cm³/mol. The summed E-state index contributed by atoms with van der Waals surface area (Å²) in [6, 6.07) is 12.2. The number of likely N-dealkylation sites (tertiary alicyclic amines) is 1. The lowest BCUT2D eigenvalue weighted by molar-refractivity contribution is 0.0713. The predicted octanol–water partition coefficient (Wildman–Crippen LogP) is 6.91. The van der Waals surface area contributed by atoms with E-state index in [4.69, 9.17) is 23.2 Å². The maximum absolute atomic E-state index is 13.4. The van der Waals surface area contributed by atoms with E-state index in [1.165, 1.54) is 18.3 Å². The van der Waals surface area contributed by atoms with Crippen LogP contribution in [0.15, 0.2) is 48.7 Å². The molecular weight excluding hydrogens is 448 g/mol. The summed E-state index contributed by atoms with van der Waals surface area (Å²) < 4.78 is 13.2. The highest BCUT2D eigenvalue weighted by atomic mass is 35.5. The summed E-state index contributed by atoms with van der Waals surface area (Å²) in [5, 5.41) is 4.31. The molecule has 1 N–H and O–H groups in total. The number of hydrogen-bond donors (Lipinski definition) is 1. The Morgan fingerprint density at radius 3 is 2.47 bits per heavy atom. The maximum Gasteiger partial charge on any atom is 0.257 e. The molecule has 1 aliphatic rings. The van der Waals surface area contributed by atoms with E-state index >= 15 is 0 Å². The Bertz CT molecular complexity index is 1140. The molecule has 1 aliphatic heterocycles. The molecule has 0 saturated carbocycles. The van der Waals surface area contributed by atoms with Crippen molar-refractivity contribution in [1.29, 1.82) is 0 Å². The number of hydrogen-bond acceptors (Lipinski definition) is 3. The monoisotopic (exact) mass is 471 g/mol. The molecule has 0 unspecified atom stereocenters. The van der Waals surface area contributed by atoms with Gasteiger partial charge < -0.3 is 10.2 Å². The maximum atomic E-state index is 13.4. The van der Waals surface area contributed by atoms with Gasteiger partial charge in [0.2, 0.25) is 0 Å². The van der Waals surface area contributed by atoms with Crippen LogP contribution in [0.1, 0.15) is 45.8 Å². The van der Waals surface area contributed by atoms with Crippen LogP contribution in [0.2, 0.25) is 10.2 Å². The van der Waals surface area contributed by atoms with Gasteiger partial charge in [0.25, 0.3) is 5.91 Å². The minimum absolute atomic E-state index is 0.0861. The van der Waals surface area contributed by atoms with Gasteiger partial charge in [-0.15, -0.1) is 0 Å². The van der Waals surface area contributed by atoms with Crippen molar-refractivity contribution in [3.8, 4) is 0 Å². The zero-order valence-electron chi connectivity index (χ0n) is 18.0. The number of anilines is 2. The Morgan fingerprint density at radius 1 is 1.09 bits per heavy atom. The minimum atomic E-state index is -0.234. The van der Waals surface area contributed by atoms with Crippen LogP contribution in [0.25, 0.3) is 0 Å². The number of nitrogens with one attached hydrogen (secondary N) is 1. The van der Waals surface area contributed by atoms with E-state index in [1.54, 1.807) is 0 Å². The van der Waals surface area contributed by atoms with Gasteiger partial charge in [-0.1, -0.05) is 41.4 Å². The van der Waals surface area contributed by atoms with Crippen molar-refractivity contribution in [2.24, 2.45) is 0 Å². The molecule has 4 rings (SSSR count). The summed E-state index contributed by atoms with van der Waals surface area (Å²) in [4.78, 5) is 19.5. The molecule has 32 heavy (non-hydrogen) atoms. The first-order chi connectivity index (χ1) is 15.3. The van der Waals surface area contributed by atoms with Gasteiger partial charge in [0.05, 0.1) is 11.3 Å². The average molecular weight is 472 g/mol. The number of halogens is 3. The van der Waals surface area contributed by atoms with E-state index in [-0.39, 0.29) is 11.7 Å². The van der Waals surface area contributed by atoms with Crippen LogP contribution in [0.3, 0.4) is 0 Å². The summed E-state index contributed by atoms with van der Waals surface area (Å²) in [6.07, 6.45) is 3.19. The highest BCUT2D eigenvalue weighted by molar-refractivity contribution is 6.31. The van der Waals surface area contributed by atoms with E-state index in [0.717, 1.165) is 29.7 Å². The van der Waals surface area contributed by atoms with Gasteiger partial charge in [-0.2, -0.15) is 0 Å². The van der Waals surface area contributed by atoms with Gasteiger partial charge >= 0.3 is 0 Å². The van der Waals surface area contributed by atoms with Crippen molar-refractivity contribution in [1.82, 2.24) is 9.88 Å². The molecule has 3 aromatic rings. The largest absolute Gasteiger partial charge is 0.354 e. The highest BCUT2D eigenvalue weighted by Crippen LogP contribution is 2.34. The third-order valence-corrected chi connectivity index (χ3v) is 6.69. The lowest BCUT2D eigenvalue weighted by Gasteiger charge is -2.33. The molecule has 166 valence electrons. The van der Waals surface area contributed by atoms with Gasteiger partial charge in [0.15, 0.2) is 0 Å². The van der Waals surface area contributed by atoms with Crippen molar-refractivity contribution in [2.75, 3.05) is 18.4 Å². The number of aromatic nitrogens is 1. The first-order valence-electron chi connectivity index (χ1n) is 10.6. The van der Waals surface area contributed by atoms with Crippen LogP contribution < -0.4 is 5.32 Å². The van der Waals surface area contributed by atoms with Gasteiger partial charge in [0, 0.05) is 35.6 Å². The molecule has 2 heterocycles. The smallest absolute Gasteiger partial charge is 0.257 e. The minimum Gasteiger partial charge on any atom is -0.354 e. The van der Waals surface area contributed by atoms with Crippen LogP contribution in [0.5, 0.6) is 0 Å². The Kier molecular flexibility index (Phi) is 6.68. The number of rotatable bonds is 4. The summed E-state index contributed by atoms with van der Waals surface area (Å²) in [5.74, 6) is -0.00428. The summed E-state index contributed by atoms with van der Waals surface area (Å²) in [6.45, 7) is 5.06. The van der Waals surface area contributed by atoms with E-state index < -0.39 is 0 Å². The molecule has 0 bridgehead atoms. The number of amides is 1. The lowest BCUT2D eigenvalue weighted by Crippen LogP contribution is -2.38. The van der Waals surface area contributed by atoms with Crippen LogP contribution in [0, 0.1) is 19.7 Å². The van der Waals surface area contributed by atoms with E-state index in [9.17, 15) is 9.18 Å². The number of benzene rings is 2. The van der Waals surface area contributed by atoms with Gasteiger partial charge in [-0.25, -0.2) is 9.37 Å². The quantitative estimate of drug-likeness (QED) is 0.420. The number of carbonyl (C=O) groups is 1. The summed E-state index contributed by atoms with van der Waals surface area (Å²) in [5.41, 5.74) is 4.75. The molecular formula is C25H24Cl2FN3O. The van der Waals surface area contributed by atoms with Crippen LogP contribution in [-0.2, 0) is 0 Å². The van der Waals surface area contributed by atoms with Crippen molar-refractivity contribution >= 4 is 40.5 Å². The van der Waals surface area contributed by atoms with E-state index in [0.29, 0.717) is 46.0 Å². The first-order valence-corrected chi connectivity index (χ1v) is 11.3. The van der Waals surface area contributed by atoms with Crippen molar-refractivity contribution in [3.63, 3.8) is 0 Å². The fourth-order valence-corrected chi connectivity index (χ4v) is 4.41. The topological polar surface area (TPSA) is 45.2 Å². The Balaban J connectivity index is 1.56. The van der Waals surface area contributed by atoms with E-state index in [1.807, 2.05) is 49.1 Å². The number of piperidine rings is 1. The second kappa shape index (κ2) is 9.47. The van der Waals surface area contributed by atoms with Crippen molar-refractivity contribution in [2.45, 2.75) is 32.6 Å². The fraction of sp³-hybridized carbons (Fsp3) is 0.280. The van der Waals surface area contributed by atoms with Crippen LogP contribution >= 0.6 is 23.2 Å². The molecule has 0 spiro atoms. The Morgan fingerprint density at radius 2 is 1.78 bits per heavy atom. The molecule has 2 aromatic carbocycles. The SMILES string of the molecule is Cc1ccc(Cl)cc1Nc1c(C(=O)N2CCC(c3ccc(F)cc3)CC2)cnc(Cl)c1C. The molecule has 0 radical (unpaired) electrons. The van der Waals surface area contributed by atoms with Gasteiger partial charge in [0.1, 0.15) is 11.0 Å². The average Bonchev–Trinajstić information content (AvgIpc) is 2.79. The molecule has 1 amide bonds. The van der Waals surface area contributed by atoms with Crippen molar-refractivity contribution < 1.29 is 9.18 Å². The number of pyridine rings is 1. The van der Waals surface area contributed by atoms with Crippen molar-refractivity contribution in [3.05, 3.63) is 86.9 Å². The number of aryl methyl sites for hydroxylation is 1. The zero-order chi connectivity index (χ0) is 22.8. The molecule has 0 atom stereocenters. The Labute approximate surface area is 197 Å². The molecule has 7 heteroatoms.